The monoisotopic (exact) mass is 472 g/mol. The minimum atomic E-state index is 0.798. The van der Waals surface area contributed by atoms with Crippen LogP contribution in [-0.2, 0) is 0 Å². The van der Waals surface area contributed by atoms with E-state index in [0.717, 1.165) is 4.48 Å². The second-order valence-corrected chi connectivity index (χ2v) is 10.1. The third-order valence-corrected chi connectivity index (χ3v) is 6.34. The summed E-state index contributed by atoms with van der Waals surface area (Å²) in [4.78, 5) is 0. The normalized spacial score (nSPS) is 14.0. The lowest BCUT2D eigenvalue weighted by molar-refractivity contribution is -0.462. The van der Waals surface area contributed by atoms with E-state index < -0.39 is 0 Å². The largest absolute Gasteiger partial charge is 0.298 e. The van der Waals surface area contributed by atoms with Gasteiger partial charge in [0, 0.05) is 12.2 Å². The van der Waals surface area contributed by atoms with Crippen LogP contribution in [0.2, 0.25) is 0 Å². The molecule has 0 atom stereocenters. The van der Waals surface area contributed by atoms with Gasteiger partial charge in [0.2, 0.25) is 0 Å². The minimum Gasteiger partial charge on any atom is -0.298 e. The third kappa shape index (κ3) is 6.16. The Labute approximate surface area is 216 Å². The van der Waals surface area contributed by atoms with E-state index in [9.17, 15) is 0 Å². The van der Waals surface area contributed by atoms with E-state index in [1.54, 1.807) is 0 Å². The lowest BCUT2D eigenvalue weighted by atomic mass is 9.94. The second-order valence-electron chi connectivity index (χ2n) is 10.1. The molecule has 0 saturated heterocycles. The summed E-state index contributed by atoms with van der Waals surface area (Å²) in [5.74, 6) is 0. The van der Waals surface area contributed by atoms with Crippen molar-refractivity contribution in [3.05, 3.63) is 150 Å². The summed E-state index contributed by atoms with van der Waals surface area (Å²) in [6.07, 6.45) is 15.4. The van der Waals surface area contributed by atoms with Crippen molar-refractivity contribution in [1.82, 2.24) is 4.48 Å². The molecule has 3 aromatic rings. The summed E-state index contributed by atoms with van der Waals surface area (Å²) in [5.41, 5.74) is 9.69. The van der Waals surface area contributed by atoms with Gasteiger partial charge in [-0.3, -0.25) is 4.48 Å². The number of benzene rings is 3. The lowest BCUT2D eigenvalue weighted by Gasteiger charge is -2.23. The van der Waals surface area contributed by atoms with Crippen LogP contribution < -0.4 is 4.48 Å². The van der Waals surface area contributed by atoms with Gasteiger partial charge in [-0.1, -0.05) is 78.9 Å². The van der Waals surface area contributed by atoms with E-state index >= 15 is 0 Å². The topological polar surface area (TPSA) is 3.01 Å². The van der Waals surface area contributed by atoms with Crippen LogP contribution in [0.25, 0.3) is 11.1 Å². The molecule has 4 rings (SSSR count). The fraction of sp³-hybridized carbons (Fsp3) is 0.147. The standard InChI is InChI=1S/C34H36N2/c1-35(2)31-23-19-29(20-24-31)33(27-13-8-6-9-14-27)17-12-18-34(28-15-10-7-11-16-28)30-21-25-32(26-22-30)36(3,4)5/h6-26H,1-5H3/q+2. The number of hydrogen-bond acceptors (Lipinski definition) is 0. The van der Waals surface area contributed by atoms with Gasteiger partial charge in [0.25, 0.3) is 0 Å². The van der Waals surface area contributed by atoms with Crippen molar-refractivity contribution in [2.24, 2.45) is 0 Å². The van der Waals surface area contributed by atoms with E-state index in [4.69, 9.17) is 0 Å². The molecule has 2 heteroatoms. The Bertz CT molecular complexity index is 1350. The van der Waals surface area contributed by atoms with Gasteiger partial charge in [-0.05, 0) is 69.8 Å². The number of rotatable bonds is 6. The Hall–Kier alpha value is -4.01. The Balaban J connectivity index is 1.76. The zero-order chi connectivity index (χ0) is 25.5. The molecule has 0 fully saturated rings. The average Bonchev–Trinajstić information content (AvgIpc) is 2.89. The maximum absolute atomic E-state index is 2.23. The van der Waals surface area contributed by atoms with Crippen molar-refractivity contribution >= 4 is 22.5 Å². The molecule has 0 N–H and O–H groups in total. The third-order valence-electron chi connectivity index (χ3n) is 6.34. The first-order chi connectivity index (χ1) is 17.3. The quantitative estimate of drug-likeness (QED) is 0.203. The smallest absolute Gasteiger partial charge is 0.199 e. The molecule has 1 aliphatic rings. The molecule has 0 aromatic heterocycles. The zero-order valence-electron chi connectivity index (χ0n) is 22.0. The average molecular weight is 473 g/mol. The fourth-order valence-electron chi connectivity index (χ4n) is 4.22. The summed E-state index contributed by atoms with van der Waals surface area (Å²) >= 11 is 0. The molecular weight excluding hydrogens is 436 g/mol. The van der Waals surface area contributed by atoms with Crippen LogP contribution in [-0.4, -0.2) is 45.5 Å². The van der Waals surface area contributed by atoms with Crippen molar-refractivity contribution in [1.29, 1.82) is 0 Å². The predicted octanol–water partition coefficient (Wildman–Crippen LogP) is 7.16. The summed E-state index contributed by atoms with van der Waals surface area (Å²) in [6, 6.07) is 30.1. The summed E-state index contributed by atoms with van der Waals surface area (Å²) < 4.78 is 2.92. The first kappa shape index (κ1) is 25.1. The maximum Gasteiger partial charge on any atom is 0.199 e. The first-order valence-electron chi connectivity index (χ1n) is 12.4. The predicted molar refractivity (Wildman–Crippen MR) is 157 cm³/mol. The number of hydrogen-bond donors (Lipinski definition) is 0. The molecule has 0 aliphatic heterocycles. The molecule has 36 heavy (non-hydrogen) atoms. The molecular formula is C34H36N2+2. The summed E-state index contributed by atoms with van der Waals surface area (Å²) in [7, 11) is 10.7. The highest BCUT2D eigenvalue weighted by Crippen LogP contribution is 2.28. The van der Waals surface area contributed by atoms with Crippen LogP contribution in [0, 0.1) is 0 Å². The summed E-state index contributed by atoms with van der Waals surface area (Å²) in [6.45, 7) is 0. The van der Waals surface area contributed by atoms with Gasteiger partial charge < -0.3 is 0 Å². The fourth-order valence-corrected chi connectivity index (χ4v) is 4.22. The maximum atomic E-state index is 2.23. The van der Waals surface area contributed by atoms with Gasteiger partial charge in [0.15, 0.2) is 5.71 Å². The zero-order valence-corrected chi connectivity index (χ0v) is 22.0. The Kier molecular flexibility index (Phi) is 7.77. The van der Waals surface area contributed by atoms with Crippen LogP contribution in [0.15, 0.2) is 133 Å². The van der Waals surface area contributed by atoms with E-state index in [0.29, 0.717) is 0 Å². The molecule has 0 saturated carbocycles. The van der Waals surface area contributed by atoms with E-state index in [1.165, 1.54) is 44.8 Å². The van der Waals surface area contributed by atoms with Crippen LogP contribution in [0.3, 0.4) is 0 Å². The highest BCUT2D eigenvalue weighted by atomic mass is 15.3. The van der Waals surface area contributed by atoms with E-state index in [1.807, 2.05) is 0 Å². The first-order valence-corrected chi connectivity index (χ1v) is 12.4. The second kappa shape index (κ2) is 11.2. The number of nitrogens with zero attached hydrogens (tertiary/aromatic N) is 2. The van der Waals surface area contributed by atoms with Gasteiger partial charge in [-0.2, -0.15) is 0 Å². The Morgan fingerprint density at radius 3 is 1.69 bits per heavy atom. The van der Waals surface area contributed by atoms with Crippen LogP contribution >= 0.6 is 0 Å². The highest BCUT2D eigenvalue weighted by Gasteiger charge is 2.13. The number of allylic oxidation sites excluding steroid dienone is 9. The molecule has 2 nitrogen and oxygen atoms in total. The van der Waals surface area contributed by atoms with Crippen LogP contribution in [0.5, 0.6) is 0 Å². The van der Waals surface area contributed by atoms with Crippen LogP contribution in [0.4, 0.5) is 5.69 Å². The van der Waals surface area contributed by atoms with E-state index in [-0.39, 0.29) is 0 Å². The molecule has 0 amide bonds. The molecule has 180 valence electrons. The molecule has 3 aromatic carbocycles. The minimum absolute atomic E-state index is 0.798. The highest BCUT2D eigenvalue weighted by molar-refractivity contribution is 6.03. The van der Waals surface area contributed by atoms with Crippen molar-refractivity contribution in [3.8, 4) is 0 Å². The van der Waals surface area contributed by atoms with Gasteiger partial charge in [0.05, 0.1) is 21.1 Å². The summed E-state index contributed by atoms with van der Waals surface area (Å²) in [5, 5.41) is 0. The number of quaternary nitrogens is 1. The van der Waals surface area contributed by atoms with Crippen molar-refractivity contribution < 1.29 is 4.58 Å². The molecule has 0 heterocycles. The molecule has 1 aliphatic carbocycles. The molecule has 0 bridgehead atoms. The Morgan fingerprint density at radius 1 is 0.639 bits per heavy atom. The SMILES string of the molecule is C[N+](C)=C1C=CC(=C(C=CC=C(c2ccccc2)c2ccc([N+](C)(C)C)cc2)c2ccccc2)C=C1. The molecule has 0 radical (unpaired) electrons. The van der Waals surface area contributed by atoms with E-state index in [2.05, 4.69) is 167 Å². The van der Waals surface area contributed by atoms with Gasteiger partial charge >= 0.3 is 0 Å². The lowest BCUT2D eigenvalue weighted by Crippen LogP contribution is -2.34. The van der Waals surface area contributed by atoms with Gasteiger partial charge in [0.1, 0.15) is 19.8 Å². The molecule has 0 spiro atoms. The van der Waals surface area contributed by atoms with Crippen LogP contribution in [0.1, 0.15) is 16.7 Å². The van der Waals surface area contributed by atoms with Crippen molar-refractivity contribution in [3.63, 3.8) is 0 Å². The van der Waals surface area contributed by atoms with Crippen molar-refractivity contribution in [2.75, 3.05) is 35.2 Å². The van der Waals surface area contributed by atoms with Gasteiger partial charge in [-0.15, -0.1) is 0 Å². The molecule has 0 unspecified atom stereocenters. The van der Waals surface area contributed by atoms with Gasteiger partial charge in [-0.25, -0.2) is 4.58 Å². The Morgan fingerprint density at radius 2 is 1.17 bits per heavy atom. The van der Waals surface area contributed by atoms with Crippen molar-refractivity contribution in [2.45, 2.75) is 0 Å².